The predicted molar refractivity (Wildman–Crippen MR) is 192 cm³/mol. The first-order valence-electron chi connectivity index (χ1n) is 17.6. The summed E-state index contributed by atoms with van der Waals surface area (Å²) in [5.74, 6) is 0.865. The van der Waals surface area contributed by atoms with Crippen LogP contribution in [-0.2, 0) is 17.8 Å². The van der Waals surface area contributed by atoms with Gasteiger partial charge in [0, 0.05) is 61.3 Å². The summed E-state index contributed by atoms with van der Waals surface area (Å²) in [5, 5.41) is 12.7. The number of amides is 1. The number of halogens is 1. The van der Waals surface area contributed by atoms with Crippen molar-refractivity contribution in [2.75, 3.05) is 75.8 Å². The molecule has 3 aliphatic rings. The van der Waals surface area contributed by atoms with Gasteiger partial charge in [-0.1, -0.05) is 56.6 Å². The van der Waals surface area contributed by atoms with Crippen LogP contribution in [0.1, 0.15) is 51.3 Å². The first-order valence-corrected chi connectivity index (χ1v) is 18.0. The maximum atomic E-state index is 13.7. The van der Waals surface area contributed by atoms with Gasteiger partial charge in [-0.15, -0.1) is 0 Å². The van der Waals surface area contributed by atoms with Crippen molar-refractivity contribution < 1.29 is 9.53 Å². The van der Waals surface area contributed by atoms with E-state index >= 15 is 0 Å². The lowest BCUT2D eigenvalue weighted by Crippen LogP contribution is -2.57. The zero-order valence-corrected chi connectivity index (χ0v) is 29.6. The van der Waals surface area contributed by atoms with Crippen LogP contribution in [0.5, 0.6) is 6.01 Å². The molecule has 1 aromatic heterocycles. The second-order valence-electron chi connectivity index (χ2n) is 13.5. The first kappa shape index (κ1) is 34.2. The van der Waals surface area contributed by atoms with E-state index in [-0.39, 0.29) is 24.3 Å². The summed E-state index contributed by atoms with van der Waals surface area (Å²) in [6.07, 6.45) is 3.31. The number of fused-ring (bicyclic) bond motifs is 2. The minimum Gasteiger partial charge on any atom is -0.462 e. The van der Waals surface area contributed by atoms with E-state index in [0.29, 0.717) is 44.8 Å². The van der Waals surface area contributed by atoms with Crippen LogP contribution in [0.25, 0.3) is 10.8 Å². The quantitative estimate of drug-likeness (QED) is 0.272. The van der Waals surface area contributed by atoms with E-state index in [1.807, 2.05) is 24.0 Å². The Morgan fingerprint density at radius 3 is 2.60 bits per heavy atom. The fourth-order valence-electron chi connectivity index (χ4n) is 7.67. The fraction of sp³-hybridized carbons (Fsp3) is 0.568. The van der Waals surface area contributed by atoms with Crippen molar-refractivity contribution in [1.82, 2.24) is 24.7 Å². The molecule has 0 radical (unpaired) electrons. The van der Waals surface area contributed by atoms with Gasteiger partial charge in [-0.3, -0.25) is 4.79 Å². The van der Waals surface area contributed by atoms with E-state index in [1.165, 1.54) is 6.42 Å². The lowest BCUT2D eigenvalue weighted by Gasteiger charge is -2.43. The number of aromatic nitrogens is 2. The number of benzene rings is 2. The van der Waals surface area contributed by atoms with Gasteiger partial charge in [0.25, 0.3) is 0 Å². The molecular weight excluding hydrogens is 624 g/mol. The first-order chi connectivity index (χ1) is 23.3. The van der Waals surface area contributed by atoms with Gasteiger partial charge in [0.1, 0.15) is 12.4 Å². The summed E-state index contributed by atoms with van der Waals surface area (Å²) in [6, 6.07) is 15.2. The van der Waals surface area contributed by atoms with Gasteiger partial charge in [-0.25, -0.2) is 0 Å². The molecule has 1 unspecified atom stereocenters. The molecule has 0 aliphatic carbocycles. The van der Waals surface area contributed by atoms with E-state index in [2.05, 4.69) is 70.8 Å². The molecule has 3 aromatic rings. The highest BCUT2D eigenvalue weighted by Gasteiger charge is 2.36. The number of rotatable bonds is 11. The Balaban J connectivity index is 1.29. The minimum atomic E-state index is -0.213. The smallest absolute Gasteiger partial charge is 0.318 e. The summed E-state index contributed by atoms with van der Waals surface area (Å²) in [7, 11) is 2.15. The number of hydrogen-bond donors (Lipinski definition) is 0. The Kier molecular flexibility index (Phi) is 10.9. The maximum absolute atomic E-state index is 13.7. The van der Waals surface area contributed by atoms with Gasteiger partial charge in [0.15, 0.2) is 0 Å². The Hall–Kier alpha value is -3.65. The molecule has 3 aliphatic heterocycles. The number of piperazine rings is 1. The second-order valence-corrected chi connectivity index (χ2v) is 13.9. The van der Waals surface area contributed by atoms with Gasteiger partial charge in [-0.2, -0.15) is 15.2 Å². The molecule has 2 saturated heterocycles. The third-order valence-electron chi connectivity index (χ3n) is 10.5. The summed E-state index contributed by atoms with van der Waals surface area (Å²) >= 11 is 6.74. The molecule has 2 fully saturated rings. The Labute approximate surface area is 290 Å². The van der Waals surface area contributed by atoms with Crippen molar-refractivity contribution in [3.8, 4) is 12.1 Å². The highest BCUT2D eigenvalue weighted by molar-refractivity contribution is 6.36. The van der Waals surface area contributed by atoms with Crippen molar-refractivity contribution in [2.45, 2.75) is 65.1 Å². The lowest BCUT2D eigenvalue weighted by atomic mass is 10.0. The fourth-order valence-corrected chi connectivity index (χ4v) is 7.95. The van der Waals surface area contributed by atoms with Crippen molar-refractivity contribution in [2.24, 2.45) is 5.92 Å². The number of carbonyl (C=O) groups is 1. The van der Waals surface area contributed by atoms with Gasteiger partial charge in [-0.05, 0) is 63.5 Å². The monoisotopic (exact) mass is 672 g/mol. The SMILES string of the molecule is CCN(CC)CC(C)C(=O)N1CCN(c2nc(OC[C@@H]3CCCN3C)nc3c2CCN(c2cccc4cccc(Cl)c24)C3)C[C@@H]1CC#N. The average Bonchev–Trinajstić information content (AvgIpc) is 3.52. The standard InChI is InChI=1S/C37H49ClN8O2/c1-5-43(6-2)22-26(3)36(47)46-21-20-45(23-28(46)15-17-39)35-30-16-19-44(33-14-8-11-27-10-7-13-31(38)34(27)33)24-32(30)40-37(41-35)48-25-29-12-9-18-42(29)4/h7-8,10-11,13-14,26,28-29H,5-6,9,12,15-16,18-25H2,1-4H3/t26?,28-,29-/m0/s1. The number of hydrogen-bond acceptors (Lipinski definition) is 9. The van der Waals surface area contributed by atoms with Gasteiger partial charge in [0.2, 0.25) is 5.91 Å². The molecule has 256 valence electrons. The summed E-state index contributed by atoms with van der Waals surface area (Å²) < 4.78 is 6.36. The van der Waals surface area contributed by atoms with Gasteiger partial charge in [0.05, 0.1) is 35.8 Å². The molecule has 0 saturated carbocycles. The number of ether oxygens (including phenoxy) is 1. The van der Waals surface area contributed by atoms with E-state index < -0.39 is 0 Å². The number of carbonyl (C=O) groups excluding carboxylic acids is 1. The third-order valence-corrected chi connectivity index (χ3v) is 10.8. The average molecular weight is 673 g/mol. The Morgan fingerprint density at radius 1 is 1.08 bits per heavy atom. The number of likely N-dealkylation sites (N-methyl/N-ethyl adjacent to an activating group) is 1. The van der Waals surface area contributed by atoms with Crippen LogP contribution in [0, 0.1) is 17.2 Å². The minimum absolute atomic E-state index is 0.126. The predicted octanol–water partition coefficient (Wildman–Crippen LogP) is 5.23. The van der Waals surface area contributed by atoms with Crippen LogP contribution in [0.3, 0.4) is 0 Å². The number of nitrogens with zero attached hydrogens (tertiary/aromatic N) is 8. The van der Waals surface area contributed by atoms with Crippen LogP contribution < -0.4 is 14.5 Å². The van der Waals surface area contributed by atoms with Crippen LogP contribution in [-0.4, -0.2) is 109 Å². The Morgan fingerprint density at radius 2 is 1.88 bits per heavy atom. The molecule has 1 amide bonds. The number of anilines is 2. The number of likely N-dealkylation sites (tertiary alicyclic amines) is 1. The van der Waals surface area contributed by atoms with E-state index in [4.69, 9.17) is 26.3 Å². The van der Waals surface area contributed by atoms with Crippen molar-refractivity contribution in [1.29, 1.82) is 5.26 Å². The van der Waals surface area contributed by atoms with Crippen LogP contribution in [0.4, 0.5) is 11.5 Å². The molecule has 11 heteroatoms. The lowest BCUT2D eigenvalue weighted by molar-refractivity contribution is -0.138. The van der Waals surface area contributed by atoms with Gasteiger partial charge < -0.3 is 29.2 Å². The summed E-state index contributed by atoms with van der Waals surface area (Å²) in [4.78, 5) is 35.0. The zero-order valence-electron chi connectivity index (χ0n) is 28.9. The molecule has 48 heavy (non-hydrogen) atoms. The molecule has 0 spiro atoms. The van der Waals surface area contributed by atoms with Crippen molar-refractivity contribution in [3.63, 3.8) is 0 Å². The molecule has 6 rings (SSSR count). The second kappa shape index (κ2) is 15.3. The van der Waals surface area contributed by atoms with Crippen molar-refractivity contribution >= 4 is 39.8 Å². The highest BCUT2D eigenvalue weighted by Crippen LogP contribution is 2.37. The Bertz CT molecular complexity index is 1640. The summed E-state index contributed by atoms with van der Waals surface area (Å²) in [6.45, 7) is 13.6. The van der Waals surface area contributed by atoms with E-state index in [1.54, 1.807) is 0 Å². The van der Waals surface area contributed by atoms with Crippen LogP contribution in [0.15, 0.2) is 36.4 Å². The molecule has 3 atom stereocenters. The van der Waals surface area contributed by atoms with Crippen LogP contribution in [0.2, 0.25) is 5.02 Å². The zero-order chi connectivity index (χ0) is 33.8. The molecule has 4 heterocycles. The van der Waals surface area contributed by atoms with E-state index in [0.717, 1.165) is 84.1 Å². The molecule has 10 nitrogen and oxygen atoms in total. The van der Waals surface area contributed by atoms with E-state index in [9.17, 15) is 10.1 Å². The van der Waals surface area contributed by atoms with Crippen molar-refractivity contribution in [3.05, 3.63) is 52.7 Å². The largest absolute Gasteiger partial charge is 0.462 e. The summed E-state index contributed by atoms with van der Waals surface area (Å²) in [5.41, 5.74) is 3.17. The number of nitriles is 1. The maximum Gasteiger partial charge on any atom is 0.318 e. The third kappa shape index (κ3) is 7.19. The molecular formula is C37H49ClN8O2. The molecule has 0 bridgehead atoms. The molecule has 2 aromatic carbocycles. The van der Waals surface area contributed by atoms with Crippen LogP contribution >= 0.6 is 11.6 Å². The topological polar surface area (TPSA) is 92.1 Å². The van der Waals surface area contributed by atoms with Gasteiger partial charge >= 0.3 is 6.01 Å². The highest BCUT2D eigenvalue weighted by atomic mass is 35.5. The molecule has 0 N–H and O–H groups in total. The normalized spacial score (nSPS) is 20.6.